The Balaban J connectivity index is 1.48. The van der Waals surface area contributed by atoms with Gasteiger partial charge in [-0.05, 0) is 30.5 Å². The number of alkyl carbamates (subject to hydrolysis) is 1. The normalized spacial score (nSPS) is 20.7. The maximum absolute atomic E-state index is 12.0. The molecule has 2 N–H and O–H groups in total. The van der Waals surface area contributed by atoms with E-state index in [1.165, 1.54) is 5.56 Å². The van der Waals surface area contributed by atoms with Crippen LogP contribution in [-0.4, -0.2) is 18.7 Å². The molecular weight excluding hydrogens is 288 g/mol. The molecule has 23 heavy (non-hydrogen) atoms. The van der Waals surface area contributed by atoms with Gasteiger partial charge in [-0.2, -0.15) is 0 Å². The molecule has 1 aliphatic heterocycles. The van der Waals surface area contributed by atoms with Gasteiger partial charge in [0, 0.05) is 12.1 Å². The number of ether oxygens (including phenoxy) is 1. The van der Waals surface area contributed by atoms with E-state index in [1.807, 2.05) is 48.5 Å². The van der Waals surface area contributed by atoms with Crippen molar-refractivity contribution in [2.24, 2.45) is 0 Å². The lowest BCUT2D eigenvalue weighted by atomic mass is 9.94. The quantitative estimate of drug-likeness (QED) is 0.910. The fourth-order valence-electron chi connectivity index (χ4n) is 2.92. The fraction of sp³-hybridized carbons (Fsp3) is 0.316. The molecule has 2 aromatic rings. The Morgan fingerprint density at radius 2 is 1.78 bits per heavy atom. The van der Waals surface area contributed by atoms with Crippen LogP contribution in [0.4, 0.5) is 4.79 Å². The Kier molecular flexibility index (Phi) is 5.27. The molecule has 1 fully saturated rings. The molecule has 4 heteroatoms. The van der Waals surface area contributed by atoms with Crippen LogP contribution in [0.5, 0.6) is 0 Å². The summed E-state index contributed by atoms with van der Waals surface area (Å²) in [5.41, 5.74) is 2.26. The molecule has 1 heterocycles. The van der Waals surface area contributed by atoms with Crippen LogP contribution in [-0.2, 0) is 11.3 Å². The minimum atomic E-state index is -0.340. The van der Waals surface area contributed by atoms with Crippen LogP contribution < -0.4 is 10.6 Å². The summed E-state index contributed by atoms with van der Waals surface area (Å²) in [7, 11) is 0. The molecule has 0 spiro atoms. The van der Waals surface area contributed by atoms with Crippen molar-refractivity contribution in [1.29, 1.82) is 0 Å². The Hall–Kier alpha value is -2.33. The second-order valence-electron chi connectivity index (χ2n) is 5.84. The highest BCUT2D eigenvalue weighted by Gasteiger charge is 2.24. The van der Waals surface area contributed by atoms with Gasteiger partial charge in [0.25, 0.3) is 0 Å². The smallest absolute Gasteiger partial charge is 0.407 e. The zero-order valence-electron chi connectivity index (χ0n) is 13.1. The molecule has 0 radical (unpaired) electrons. The minimum Gasteiger partial charge on any atom is -0.445 e. The average molecular weight is 310 g/mol. The lowest BCUT2D eigenvalue weighted by molar-refractivity contribution is 0.132. The fourth-order valence-corrected chi connectivity index (χ4v) is 2.92. The van der Waals surface area contributed by atoms with E-state index in [1.54, 1.807) is 0 Å². The molecule has 120 valence electrons. The van der Waals surface area contributed by atoms with E-state index < -0.39 is 0 Å². The molecule has 0 saturated carbocycles. The predicted molar refractivity (Wildman–Crippen MR) is 90.0 cm³/mol. The van der Waals surface area contributed by atoms with Crippen LogP contribution in [0.3, 0.4) is 0 Å². The summed E-state index contributed by atoms with van der Waals surface area (Å²) >= 11 is 0. The number of rotatable bonds is 4. The van der Waals surface area contributed by atoms with Crippen LogP contribution in [0.25, 0.3) is 0 Å². The van der Waals surface area contributed by atoms with Crippen molar-refractivity contribution in [3.63, 3.8) is 0 Å². The lowest BCUT2D eigenvalue weighted by Crippen LogP contribution is -2.44. The van der Waals surface area contributed by atoms with Gasteiger partial charge in [0.2, 0.25) is 0 Å². The zero-order valence-corrected chi connectivity index (χ0v) is 13.1. The van der Waals surface area contributed by atoms with Gasteiger partial charge < -0.3 is 15.4 Å². The van der Waals surface area contributed by atoms with Gasteiger partial charge in [0.05, 0.1) is 0 Å². The molecule has 4 nitrogen and oxygen atoms in total. The van der Waals surface area contributed by atoms with Crippen molar-refractivity contribution >= 4 is 6.09 Å². The van der Waals surface area contributed by atoms with E-state index in [9.17, 15) is 4.79 Å². The van der Waals surface area contributed by atoms with Crippen LogP contribution in [0.15, 0.2) is 60.7 Å². The number of carbonyl (C=O) groups is 1. The maximum Gasteiger partial charge on any atom is 0.407 e. The summed E-state index contributed by atoms with van der Waals surface area (Å²) < 4.78 is 5.30. The molecule has 0 unspecified atom stereocenters. The first-order valence-corrected chi connectivity index (χ1v) is 8.07. The average Bonchev–Trinajstić information content (AvgIpc) is 2.62. The van der Waals surface area contributed by atoms with Crippen molar-refractivity contribution < 1.29 is 9.53 Å². The summed E-state index contributed by atoms with van der Waals surface area (Å²) in [6.45, 7) is 1.20. The topological polar surface area (TPSA) is 50.4 Å². The van der Waals surface area contributed by atoms with Gasteiger partial charge in [-0.1, -0.05) is 60.7 Å². The van der Waals surface area contributed by atoms with Crippen LogP contribution in [0.2, 0.25) is 0 Å². The monoisotopic (exact) mass is 310 g/mol. The molecule has 1 aliphatic rings. The first-order chi connectivity index (χ1) is 11.3. The van der Waals surface area contributed by atoms with Gasteiger partial charge in [-0.15, -0.1) is 0 Å². The molecule has 3 rings (SSSR count). The van der Waals surface area contributed by atoms with Crippen LogP contribution in [0, 0.1) is 0 Å². The van der Waals surface area contributed by atoms with E-state index in [0.717, 1.165) is 24.9 Å². The summed E-state index contributed by atoms with van der Waals surface area (Å²) in [5, 5.41) is 6.49. The number of hydrogen-bond donors (Lipinski definition) is 2. The number of carbonyl (C=O) groups excluding carboxylic acids is 1. The third-order valence-corrected chi connectivity index (χ3v) is 4.14. The molecule has 0 aromatic heterocycles. The SMILES string of the molecule is O=C(N[C@H]1CCN[C@@H](c2ccccc2)C1)OCc1ccccc1. The van der Waals surface area contributed by atoms with Crippen LogP contribution >= 0.6 is 0 Å². The van der Waals surface area contributed by atoms with Gasteiger partial charge in [0.15, 0.2) is 0 Å². The third kappa shape index (κ3) is 4.57. The molecule has 1 saturated heterocycles. The number of amides is 1. The van der Waals surface area contributed by atoms with Crippen molar-refractivity contribution in [1.82, 2.24) is 10.6 Å². The summed E-state index contributed by atoms with van der Waals surface area (Å²) in [4.78, 5) is 12.0. The van der Waals surface area contributed by atoms with Gasteiger partial charge in [-0.25, -0.2) is 4.79 Å². The van der Waals surface area contributed by atoms with E-state index in [2.05, 4.69) is 22.8 Å². The Labute approximate surface area is 136 Å². The number of benzene rings is 2. The minimum absolute atomic E-state index is 0.143. The third-order valence-electron chi connectivity index (χ3n) is 4.14. The summed E-state index contributed by atoms with van der Waals surface area (Å²) in [6, 6.07) is 20.5. The molecule has 0 bridgehead atoms. The summed E-state index contributed by atoms with van der Waals surface area (Å²) in [6.07, 6.45) is 1.46. The number of piperidine rings is 1. The lowest BCUT2D eigenvalue weighted by Gasteiger charge is -2.31. The molecule has 2 aromatic carbocycles. The largest absolute Gasteiger partial charge is 0.445 e. The zero-order chi connectivity index (χ0) is 15.9. The highest BCUT2D eigenvalue weighted by molar-refractivity contribution is 5.67. The van der Waals surface area contributed by atoms with Crippen molar-refractivity contribution in [2.45, 2.75) is 31.5 Å². The van der Waals surface area contributed by atoms with Gasteiger partial charge in [0.1, 0.15) is 6.61 Å². The molecule has 2 atom stereocenters. The van der Waals surface area contributed by atoms with E-state index >= 15 is 0 Å². The Bertz CT molecular complexity index is 616. The highest BCUT2D eigenvalue weighted by Crippen LogP contribution is 2.23. The van der Waals surface area contributed by atoms with E-state index in [-0.39, 0.29) is 18.2 Å². The number of nitrogens with one attached hydrogen (secondary N) is 2. The summed E-state index contributed by atoms with van der Waals surface area (Å²) in [5.74, 6) is 0. The van der Waals surface area contributed by atoms with Crippen LogP contribution in [0.1, 0.15) is 30.0 Å². The van der Waals surface area contributed by atoms with Gasteiger partial charge >= 0.3 is 6.09 Å². The highest BCUT2D eigenvalue weighted by atomic mass is 16.5. The molecule has 1 amide bonds. The predicted octanol–water partition coefficient (Wildman–Crippen LogP) is 3.41. The van der Waals surface area contributed by atoms with Crippen molar-refractivity contribution in [3.05, 3.63) is 71.8 Å². The molecular formula is C19H22N2O2. The van der Waals surface area contributed by atoms with E-state index in [0.29, 0.717) is 6.61 Å². The Morgan fingerprint density at radius 3 is 2.52 bits per heavy atom. The maximum atomic E-state index is 12.0. The standard InChI is InChI=1S/C19H22N2O2/c22-19(23-14-15-7-3-1-4-8-15)21-17-11-12-20-18(13-17)16-9-5-2-6-10-16/h1-10,17-18,20H,11-14H2,(H,21,22)/t17-,18+/m0/s1. The first kappa shape index (κ1) is 15.6. The van der Waals surface area contributed by atoms with Crippen molar-refractivity contribution in [3.8, 4) is 0 Å². The molecule has 0 aliphatic carbocycles. The van der Waals surface area contributed by atoms with Crippen molar-refractivity contribution in [2.75, 3.05) is 6.54 Å². The second-order valence-corrected chi connectivity index (χ2v) is 5.84. The second kappa shape index (κ2) is 7.79. The Morgan fingerprint density at radius 1 is 1.09 bits per heavy atom. The van der Waals surface area contributed by atoms with E-state index in [4.69, 9.17) is 4.74 Å². The number of hydrogen-bond acceptors (Lipinski definition) is 3. The van der Waals surface area contributed by atoms with Gasteiger partial charge in [-0.3, -0.25) is 0 Å². The first-order valence-electron chi connectivity index (χ1n) is 8.07.